The van der Waals surface area contributed by atoms with E-state index in [-0.39, 0.29) is 74.4 Å². The molecule has 9 atom stereocenters. The number of amides is 12. The van der Waals surface area contributed by atoms with Crippen LogP contribution in [0, 0.1) is 11.7 Å². The van der Waals surface area contributed by atoms with E-state index >= 15 is 18.8 Å². The average molecular weight is 1540 g/mol. The average Bonchev–Trinajstić information content (AvgIpc) is 1.62. The number of aliphatic carboxylic acids is 2. The number of carboxylic acid groups (broad SMARTS) is 2. The Morgan fingerprint density at radius 3 is 1.84 bits per heavy atom. The summed E-state index contributed by atoms with van der Waals surface area (Å²) in [6.07, 6.45) is 1.81. The van der Waals surface area contributed by atoms with Gasteiger partial charge in [-0.05, 0) is 98.2 Å². The highest BCUT2D eigenvalue weighted by Crippen LogP contribution is 2.30. The summed E-state index contributed by atoms with van der Waals surface area (Å²) in [5.74, 6) is -16.7. The number of halogens is 1. The van der Waals surface area contributed by atoms with Crippen molar-refractivity contribution < 1.29 is 86.8 Å². The Morgan fingerprint density at radius 2 is 1.20 bits per heavy atom. The van der Waals surface area contributed by atoms with Gasteiger partial charge in [0.05, 0.1) is 6.54 Å². The number of nitrogens with zero attached hydrogens (tertiary/aromatic N) is 2. The van der Waals surface area contributed by atoms with Crippen molar-refractivity contribution in [2.24, 2.45) is 33.8 Å². The lowest BCUT2D eigenvalue weighted by atomic mass is 9.95. The second kappa shape index (κ2) is 42.7. The number of primary amides is 1. The monoisotopic (exact) mass is 1540 g/mol. The number of H-pyrrole nitrogens is 1. The first-order valence-electron chi connectivity index (χ1n) is 35.7. The van der Waals surface area contributed by atoms with Crippen molar-refractivity contribution in [2.75, 3.05) is 37.7 Å². The normalized spacial score (nSPS) is 22.1. The molecule has 2 aliphatic carbocycles. The molecule has 12 amide bonds. The van der Waals surface area contributed by atoms with Gasteiger partial charge in [0, 0.05) is 99.2 Å². The van der Waals surface area contributed by atoms with Crippen molar-refractivity contribution in [1.29, 1.82) is 0 Å². The quantitative estimate of drug-likeness (QED) is 0.0153. The molecular weight excluding hydrogens is 1450 g/mol. The Kier molecular flexibility index (Phi) is 33.5. The number of fused-ring (bicyclic) bond motifs is 1. The summed E-state index contributed by atoms with van der Waals surface area (Å²) in [6.45, 7) is -0.998. The molecule has 22 N–H and O–H groups in total. The van der Waals surface area contributed by atoms with E-state index in [4.69, 9.17) is 22.9 Å². The maximum absolute atomic E-state index is 15.7. The summed E-state index contributed by atoms with van der Waals surface area (Å²) in [6, 6.07) is 3.02. The smallest absolute Gasteiger partial charge is 0.303 e. The Morgan fingerprint density at radius 1 is 0.630 bits per heavy atom. The highest BCUT2D eigenvalue weighted by atomic mass is 33.1. The highest BCUT2D eigenvalue weighted by molar-refractivity contribution is 8.76. The zero-order valence-corrected chi connectivity index (χ0v) is 61.1. The molecular formula is C71H96FN17O17S2. The number of hydrogen-bond acceptors (Lipinski definition) is 19. The maximum atomic E-state index is 15.7. The fourth-order valence-electron chi connectivity index (χ4n) is 12.9. The van der Waals surface area contributed by atoms with Crippen molar-refractivity contribution in [3.63, 3.8) is 0 Å². The van der Waals surface area contributed by atoms with E-state index in [0.717, 1.165) is 40.5 Å². The number of para-hydroxylation sites is 1. The number of aromatic hydroxyl groups is 1. The van der Waals surface area contributed by atoms with Crippen LogP contribution in [0.4, 0.5) is 4.39 Å². The third kappa shape index (κ3) is 27.0. The number of guanidine groups is 1. The van der Waals surface area contributed by atoms with E-state index in [0.29, 0.717) is 60.6 Å². The zero-order valence-electron chi connectivity index (χ0n) is 59.5. The molecule has 0 radical (unpaired) electrons. The van der Waals surface area contributed by atoms with Crippen LogP contribution < -0.4 is 76.1 Å². The molecule has 586 valence electrons. The van der Waals surface area contributed by atoms with Gasteiger partial charge in [0.2, 0.25) is 70.9 Å². The summed E-state index contributed by atoms with van der Waals surface area (Å²) in [4.78, 5) is 206. The molecule has 3 aromatic carbocycles. The maximum Gasteiger partial charge on any atom is 0.303 e. The molecule has 3 aliphatic rings. The standard InChI is InChI=1S/C71H96FN17O17S2/c72-46-16-7-3-12-41(46)33-52-67(103)82-48(18-9-30-78-71(75)76)63(99)77-31-28-56(91)80-49(23-25-59(94)95)64(100)84-53(34-42-35-79-47-17-8-6-15-45(42)47)68(104)83-50(24-26-60(96)97)65(101)86-54(62(74)98)37-107-108-38-55(69(105)88-61(70(106)85-52)40-10-1-2-11-40)87-66(102)51(32-39-19-21-44(90)22-20-39)81-57(92)36-89(58(93)27-29-73)43-13-4-5-14-43/h3,6-8,12,15-17,19-22,35,40,43,48-55,61,79,90H,1-2,4-5,9-11,13-14,18,23-34,36-38,73H2,(H2,74,98)(H,77,99)(H,80,91)(H,81,92)(H,82,103)(H,83,104)(H,84,100)(H,85,106)(H,86,101)(H,87,102)(H,88,105)(H,94,95)(H,96,97)(H4,75,76,78)/t48-,49-,50-,51-,52-,53-,54-,55-,61-/m0/s1. The van der Waals surface area contributed by atoms with Crippen LogP contribution in [0.2, 0.25) is 0 Å². The molecule has 1 saturated heterocycles. The van der Waals surface area contributed by atoms with E-state index in [1.807, 2.05) is 0 Å². The van der Waals surface area contributed by atoms with E-state index in [2.05, 4.69) is 63.1 Å². The number of phenolic OH excluding ortho intramolecular Hbond substituents is 1. The summed E-state index contributed by atoms with van der Waals surface area (Å²) < 4.78 is 15.7. The number of aromatic amines is 1. The van der Waals surface area contributed by atoms with Gasteiger partial charge in [-0.3, -0.25) is 72.1 Å². The van der Waals surface area contributed by atoms with Gasteiger partial charge in [-0.2, -0.15) is 0 Å². The number of nitrogens with two attached hydrogens (primary N) is 4. The number of hydrogen-bond donors (Lipinski definition) is 18. The molecule has 4 aromatic rings. The largest absolute Gasteiger partial charge is 0.508 e. The van der Waals surface area contributed by atoms with Gasteiger partial charge in [-0.25, -0.2) is 4.39 Å². The molecule has 1 aromatic heterocycles. The van der Waals surface area contributed by atoms with E-state index in [1.165, 1.54) is 47.4 Å². The van der Waals surface area contributed by atoms with Crippen LogP contribution in [0.5, 0.6) is 5.75 Å². The molecule has 108 heavy (non-hydrogen) atoms. The predicted molar refractivity (Wildman–Crippen MR) is 396 cm³/mol. The minimum atomic E-state index is -1.77. The van der Waals surface area contributed by atoms with Gasteiger partial charge >= 0.3 is 11.9 Å². The van der Waals surface area contributed by atoms with E-state index in [1.54, 1.807) is 30.5 Å². The van der Waals surface area contributed by atoms with Crippen LogP contribution in [-0.2, 0) is 86.4 Å². The first kappa shape index (κ1) is 84.7. The van der Waals surface area contributed by atoms with Gasteiger partial charge < -0.3 is 101 Å². The second-order valence-electron chi connectivity index (χ2n) is 26.7. The zero-order chi connectivity index (χ0) is 78.4. The van der Waals surface area contributed by atoms with Crippen molar-refractivity contribution in [1.82, 2.24) is 63.1 Å². The number of phenols is 1. The van der Waals surface area contributed by atoms with Gasteiger partial charge in [-0.1, -0.05) is 95.8 Å². The minimum absolute atomic E-state index is 0.00233. The molecule has 37 heteroatoms. The van der Waals surface area contributed by atoms with Gasteiger partial charge in [0.15, 0.2) is 5.96 Å². The Balaban J connectivity index is 1.28. The molecule has 34 nitrogen and oxygen atoms in total. The highest BCUT2D eigenvalue weighted by Gasteiger charge is 2.40. The number of aromatic nitrogens is 1. The van der Waals surface area contributed by atoms with Crippen molar-refractivity contribution in [3.8, 4) is 5.75 Å². The molecule has 0 bridgehead atoms. The van der Waals surface area contributed by atoms with Crippen LogP contribution in [0.15, 0.2) is 84.0 Å². The number of carbonyl (C=O) groups excluding carboxylic acids is 12. The summed E-state index contributed by atoms with van der Waals surface area (Å²) in [5.41, 5.74) is 24.2. The molecule has 2 saturated carbocycles. The number of nitrogens with one attached hydrogen (secondary N) is 11. The third-order valence-electron chi connectivity index (χ3n) is 18.6. The number of carboxylic acids is 2. The molecule has 2 heterocycles. The predicted octanol–water partition coefficient (Wildman–Crippen LogP) is -1.12. The first-order chi connectivity index (χ1) is 51.7. The first-order valence-corrected chi connectivity index (χ1v) is 38.2. The molecule has 0 spiro atoms. The van der Waals surface area contributed by atoms with E-state index < -0.39 is 206 Å². The van der Waals surface area contributed by atoms with Crippen LogP contribution in [0.1, 0.15) is 119 Å². The number of rotatable bonds is 26. The van der Waals surface area contributed by atoms with Crippen molar-refractivity contribution >= 4 is 121 Å². The Labute approximate surface area is 629 Å². The summed E-state index contributed by atoms with van der Waals surface area (Å²) >= 11 is 0. The minimum Gasteiger partial charge on any atom is -0.508 e. The number of aliphatic imine (C=N–C) groups is 1. The summed E-state index contributed by atoms with van der Waals surface area (Å²) in [5, 5.41) is 56.4. The van der Waals surface area contributed by atoms with Gasteiger partial charge in [-0.15, -0.1) is 0 Å². The van der Waals surface area contributed by atoms with Crippen LogP contribution in [-0.4, -0.2) is 212 Å². The molecule has 7 rings (SSSR count). The third-order valence-corrected chi connectivity index (χ3v) is 21.1. The lowest BCUT2D eigenvalue weighted by Gasteiger charge is -2.30. The summed E-state index contributed by atoms with van der Waals surface area (Å²) in [7, 11) is 1.69. The number of benzene rings is 3. The van der Waals surface area contributed by atoms with Crippen molar-refractivity contribution in [3.05, 3.63) is 102 Å². The van der Waals surface area contributed by atoms with Gasteiger partial charge in [0.25, 0.3) is 0 Å². The Bertz CT molecular complexity index is 3870. The van der Waals surface area contributed by atoms with Crippen LogP contribution in [0.3, 0.4) is 0 Å². The lowest BCUT2D eigenvalue weighted by molar-refractivity contribution is -0.139. The Hall–Kier alpha value is -10.6. The van der Waals surface area contributed by atoms with Crippen LogP contribution in [0.25, 0.3) is 10.9 Å². The molecule has 3 fully saturated rings. The topological polar surface area (TPSA) is 555 Å². The van der Waals surface area contributed by atoms with Crippen LogP contribution >= 0.6 is 21.6 Å². The molecule has 0 unspecified atom stereocenters. The van der Waals surface area contributed by atoms with Crippen molar-refractivity contribution in [2.45, 2.75) is 182 Å². The fraction of sp³-hybridized carbons (Fsp3) is 0.507. The molecule has 1 aliphatic heterocycles. The lowest BCUT2D eigenvalue weighted by Crippen LogP contribution is -2.61. The second-order valence-corrected chi connectivity index (χ2v) is 29.2. The van der Waals surface area contributed by atoms with E-state index in [9.17, 15) is 68.1 Å². The van der Waals surface area contributed by atoms with Gasteiger partial charge in [0.1, 0.15) is 65.9 Å². The fourth-order valence-corrected chi connectivity index (χ4v) is 15.2. The number of carbonyl (C=O) groups is 14. The SMILES string of the molecule is NCCC(=O)N(CC(=O)N[C@@H](Cc1ccc(O)cc1)C(=O)N[C@H]1CSSC[C@@H](C(N)=O)NC(=O)[C@H](CCC(=O)O)NC(=O)[C@H](Cc2c[nH]c3ccccc23)NC(=O)[C@H](CCC(=O)O)NC(=O)CCNC(=O)[C@H](CCCN=C(N)N)NC(=O)[C@H](Cc2ccccc2F)NC(=O)[C@H](C2CCCC2)NC1=O)C1CCCC1.